The van der Waals surface area contributed by atoms with Crippen molar-refractivity contribution in [3.05, 3.63) is 28.2 Å². The van der Waals surface area contributed by atoms with Crippen molar-refractivity contribution in [3.8, 4) is 0 Å². The molecule has 0 spiro atoms. The van der Waals surface area contributed by atoms with Crippen LogP contribution in [0.3, 0.4) is 0 Å². The van der Waals surface area contributed by atoms with E-state index in [1.165, 1.54) is 22.1 Å². The highest BCUT2D eigenvalue weighted by Crippen LogP contribution is 2.38. The topological polar surface area (TPSA) is 29.3 Å². The minimum atomic E-state index is 0.156. The third kappa shape index (κ3) is 2.23. The lowest BCUT2D eigenvalue weighted by Crippen LogP contribution is -2.44. The van der Waals surface area contributed by atoms with E-state index in [1.807, 2.05) is 0 Å². The van der Waals surface area contributed by atoms with Crippen LogP contribution in [-0.2, 0) is 0 Å². The molecule has 0 radical (unpaired) electrons. The standard InChI is InChI=1S/C14H21BrN2/c1-10-4-5-12(8-13(10)15)17-7-6-11(9-16)14(17,2)3/h4-5,8,11H,6-7,9,16H2,1-3H3. The average Bonchev–Trinajstić information content (AvgIpc) is 2.57. The second kappa shape index (κ2) is 4.62. The zero-order valence-corrected chi connectivity index (χ0v) is 12.4. The predicted molar refractivity (Wildman–Crippen MR) is 77.5 cm³/mol. The molecule has 1 unspecified atom stereocenters. The first-order chi connectivity index (χ1) is 7.96. The van der Waals surface area contributed by atoms with Gasteiger partial charge in [0.1, 0.15) is 0 Å². The van der Waals surface area contributed by atoms with Crippen LogP contribution in [0.2, 0.25) is 0 Å². The first-order valence-electron chi connectivity index (χ1n) is 6.20. The van der Waals surface area contributed by atoms with Crippen LogP contribution in [0.1, 0.15) is 25.8 Å². The summed E-state index contributed by atoms with van der Waals surface area (Å²) in [5.41, 5.74) is 8.60. The van der Waals surface area contributed by atoms with E-state index >= 15 is 0 Å². The molecule has 2 rings (SSSR count). The number of aryl methyl sites for hydroxylation is 1. The van der Waals surface area contributed by atoms with Crippen molar-refractivity contribution in [1.82, 2.24) is 0 Å². The van der Waals surface area contributed by atoms with Crippen molar-refractivity contribution in [2.24, 2.45) is 11.7 Å². The fourth-order valence-corrected chi connectivity index (χ4v) is 3.13. The van der Waals surface area contributed by atoms with Crippen LogP contribution < -0.4 is 10.6 Å². The molecule has 1 saturated heterocycles. The summed E-state index contributed by atoms with van der Waals surface area (Å²) in [7, 11) is 0. The van der Waals surface area contributed by atoms with E-state index in [0.29, 0.717) is 5.92 Å². The average molecular weight is 297 g/mol. The SMILES string of the molecule is Cc1ccc(N2CCC(CN)C2(C)C)cc1Br. The van der Waals surface area contributed by atoms with Crippen LogP contribution in [-0.4, -0.2) is 18.6 Å². The molecule has 1 fully saturated rings. The number of hydrogen-bond acceptors (Lipinski definition) is 2. The predicted octanol–water partition coefficient (Wildman–Crippen LogP) is 3.32. The van der Waals surface area contributed by atoms with E-state index in [9.17, 15) is 0 Å². The molecule has 3 heteroatoms. The molecule has 1 aromatic carbocycles. The van der Waals surface area contributed by atoms with Gasteiger partial charge in [-0.25, -0.2) is 0 Å². The van der Waals surface area contributed by atoms with Gasteiger partial charge in [-0.2, -0.15) is 0 Å². The van der Waals surface area contributed by atoms with Crippen LogP contribution in [0.4, 0.5) is 5.69 Å². The molecule has 17 heavy (non-hydrogen) atoms. The van der Waals surface area contributed by atoms with Crippen molar-refractivity contribution < 1.29 is 0 Å². The Bertz CT molecular complexity index is 415. The van der Waals surface area contributed by atoms with Gasteiger partial charge in [0.15, 0.2) is 0 Å². The molecular weight excluding hydrogens is 276 g/mol. The number of rotatable bonds is 2. The Labute approximate surface area is 112 Å². The summed E-state index contributed by atoms with van der Waals surface area (Å²) in [6.45, 7) is 8.59. The number of benzene rings is 1. The molecule has 1 aliphatic rings. The van der Waals surface area contributed by atoms with Gasteiger partial charge in [-0.15, -0.1) is 0 Å². The summed E-state index contributed by atoms with van der Waals surface area (Å²) in [5.74, 6) is 0.586. The number of nitrogens with zero attached hydrogens (tertiary/aromatic N) is 1. The highest BCUT2D eigenvalue weighted by molar-refractivity contribution is 9.10. The summed E-state index contributed by atoms with van der Waals surface area (Å²) in [6.07, 6.45) is 1.19. The van der Waals surface area contributed by atoms with E-state index in [-0.39, 0.29) is 5.54 Å². The molecule has 0 aliphatic carbocycles. The van der Waals surface area contributed by atoms with E-state index in [2.05, 4.69) is 59.8 Å². The van der Waals surface area contributed by atoms with Crippen molar-refractivity contribution in [1.29, 1.82) is 0 Å². The van der Waals surface area contributed by atoms with Gasteiger partial charge in [0, 0.05) is 22.2 Å². The Kier molecular flexibility index (Phi) is 3.50. The lowest BCUT2D eigenvalue weighted by atomic mass is 9.88. The Hall–Kier alpha value is -0.540. The molecule has 0 bridgehead atoms. The minimum Gasteiger partial charge on any atom is -0.366 e. The third-order valence-electron chi connectivity index (χ3n) is 4.15. The lowest BCUT2D eigenvalue weighted by molar-refractivity contribution is 0.374. The molecule has 1 aliphatic heterocycles. The van der Waals surface area contributed by atoms with Crippen LogP contribution in [0.15, 0.2) is 22.7 Å². The molecule has 0 amide bonds. The van der Waals surface area contributed by atoms with Crippen molar-refractivity contribution >= 4 is 21.6 Å². The van der Waals surface area contributed by atoms with Crippen molar-refractivity contribution in [2.45, 2.75) is 32.7 Å². The van der Waals surface area contributed by atoms with E-state index in [1.54, 1.807) is 0 Å². The summed E-state index contributed by atoms with van der Waals surface area (Å²) < 4.78 is 1.18. The maximum atomic E-state index is 5.87. The molecule has 0 aromatic heterocycles. The van der Waals surface area contributed by atoms with Gasteiger partial charge in [0.25, 0.3) is 0 Å². The number of nitrogens with two attached hydrogens (primary N) is 1. The van der Waals surface area contributed by atoms with Crippen LogP contribution >= 0.6 is 15.9 Å². The van der Waals surface area contributed by atoms with E-state index in [4.69, 9.17) is 5.73 Å². The minimum absolute atomic E-state index is 0.156. The quantitative estimate of drug-likeness (QED) is 0.907. The second-order valence-electron chi connectivity index (χ2n) is 5.46. The van der Waals surface area contributed by atoms with Gasteiger partial charge in [-0.1, -0.05) is 22.0 Å². The molecule has 1 heterocycles. The zero-order valence-electron chi connectivity index (χ0n) is 10.8. The lowest BCUT2D eigenvalue weighted by Gasteiger charge is -2.37. The Morgan fingerprint density at radius 2 is 2.18 bits per heavy atom. The molecular formula is C14H21BrN2. The van der Waals surface area contributed by atoms with Gasteiger partial charge < -0.3 is 10.6 Å². The third-order valence-corrected chi connectivity index (χ3v) is 5.00. The Morgan fingerprint density at radius 1 is 1.47 bits per heavy atom. The monoisotopic (exact) mass is 296 g/mol. The Balaban J connectivity index is 2.32. The molecule has 0 saturated carbocycles. The maximum Gasteiger partial charge on any atom is 0.0386 e. The van der Waals surface area contributed by atoms with Gasteiger partial charge in [-0.3, -0.25) is 0 Å². The molecule has 2 N–H and O–H groups in total. The maximum absolute atomic E-state index is 5.87. The van der Waals surface area contributed by atoms with Crippen LogP contribution in [0.25, 0.3) is 0 Å². The number of anilines is 1. The zero-order chi connectivity index (χ0) is 12.6. The molecule has 2 nitrogen and oxygen atoms in total. The fraction of sp³-hybridized carbons (Fsp3) is 0.571. The Morgan fingerprint density at radius 3 is 2.71 bits per heavy atom. The summed E-state index contributed by atoms with van der Waals surface area (Å²) in [5, 5.41) is 0. The first-order valence-corrected chi connectivity index (χ1v) is 7.00. The number of halogens is 1. The van der Waals surface area contributed by atoms with Crippen molar-refractivity contribution in [2.75, 3.05) is 18.0 Å². The highest BCUT2D eigenvalue weighted by atomic mass is 79.9. The first kappa shape index (κ1) is 12.9. The molecule has 1 atom stereocenters. The van der Waals surface area contributed by atoms with Gasteiger partial charge >= 0.3 is 0 Å². The second-order valence-corrected chi connectivity index (χ2v) is 6.31. The summed E-state index contributed by atoms with van der Waals surface area (Å²) in [6, 6.07) is 6.60. The smallest absolute Gasteiger partial charge is 0.0386 e. The van der Waals surface area contributed by atoms with Gasteiger partial charge in [0.2, 0.25) is 0 Å². The van der Waals surface area contributed by atoms with Crippen molar-refractivity contribution in [3.63, 3.8) is 0 Å². The normalized spacial score (nSPS) is 23.1. The largest absolute Gasteiger partial charge is 0.366 e. The summed E-state index contributed by atoms with van der Waals surface area (Å²) >= 11 is 3.61. The van der Waals surface area contributed by atoms with Crippen LogP contribution in [0, 0.1) is 12.8 Å². The van der Waals surface area contributed by atoms with Gasteiger partial charge in [-0.05, 0) is 57.4 Å². The fourth-order valence-electron chi connectivity index (χ4n) is 2.76. The van der Waals surface area contributed by atoms with E-state index in [0.717, 1.165) is 13.1 Å². The van der Waals surface area contributed by atoms with E-state index < -0.39 is 0 Å². The van der Waals surface area contributed by atoms with Gasteiger partial charge in [0.05, 0.1) is 0 Å². The molecule has 94 valence electrons. The van der Waals surface area contributed by atoms with Crippen LogP contribution in [0.5, 0.6) is 0 Å². The highest BCUT2D eigenvalue weighted by Gasteiger charge is 2.40. The molecule has 1 aromatic rings. The summed E-state index contributed by atoms with van der Waals surface area (Å²) in [4.78, 5) is 2.48. The number of hydrogen-bond donors (Lipinski definition) is 1.